The molecule has 3 amide bonds. The Morgan fingerprint density at radius 3 is 2.30 bits per heavy atom. The van der Waals surface area contributed by atoms with Gasteiger partial charge in [0.2, 0.25) is 0 Å². The third-order valence-electron chi connectivity index (χ3n) is 4.96. The highest BCUT2D eigenvalue weighted by Crippen LogP contribution is 2.32. The van der Waals surface area contributed by atoms with E-state index in [1.807, 2.05) is 6.07 Å². The van der Waals surface area contributed by atoms with Crippen LogP contribution in [0.1, 0.15) is 15.9 Å². The summed E-state index contributed by atoms with van der Waals surface area (Å²) in [7, 11) is 0. The summed E-state index contributed by atoms with van der Waals surface area (Å²) in [5.41, 5.74) is 2.35. The van der Waals surface area contributed by atoms with Crippen molar-refractivity contribution in [2.45, 2.75) is 6.92 Å². The van der Waals surface area contributed by atoms with Crippen molar-refractivity contribution in [2.75, 3.05) is 15.5 Å². The summed E-state index contributed by atoms with van der Waals surface area (Å²) < 4.78 is 0. The van der Waals surface area contributed by atoms with Gasteiger partial charge in [-0.15, -0.1) is 0 Å². The van der Waals surface area contributed by atoms with Crippen LogP contribution in [0.5, 0.6) is 0 Å². The molecule has 9 heteroatoms. The number of carbonyl (C=O) groups is 3. The van der Waals surface area contributed by atoms with Gasteiger partial charge in [0.1, 0.15) is 10.7 Å². The lowest BCUT2D eigenvalue weighted by molar-refractivity contribution is -0.120. The number of nitrogens with zero attached hydrogens (tertiary/aromatic N) is 1. The predicted molar refractivity (Wildman–Crippen MR) is 131 cm³/mol. The Bertz CT molecular complexity index is 1340. The van der Waals surface area contributed by atoms with E-state index in [9.17, 15) is 14.4 Å². The Labute approximate surface area is 204 Å². The van der Waals surface area contributed by atoms with E-state index in [1.54, 1.807) is 55.5 Å². The van der Waals surface area contributed by atoms with Gasteiger partial charge in [0.15, 0.2) is 0 Å². The van der Waals surface area contributed by atoms with Gasteiger partial charge in [-0.1, -0.05) is 59.1 Å². The first kappa shape index (κ1) is 22.9. The van der Waals surface area contributed by atoms with Crippen LogP contribution in [-0.2, 0) is 9.59 Å². The number of hydrogen-bond acceptors (Lipinski definition) is 4. The molecule has 0 aliphatic carbocycles. The summed E-state index contributed by atoms with van der Waals surface area (Å²) in [5, 5.41) is 6.07. The SMILES string of the molecule is Cc1ccccc1N1C(=O)C(Cl)=C(Nc2cccc(C(=O)Nc3ccc(Cl)c(Cl)c3)c2)C1=O. The molecular formula is C24H16Cl3N3O3. The lowest BCUT2D eigenvalue weighted by Crippen LogP contribution is -2.32. The number of benzene rings is 3. The highest BCUT2D eigenvalue weighted by Gasteiger charge is 2.39. The van der Waals surface area contributed by atoms with Crippen LogP contribution in [0.3, 0.4) is 0 Å². The van der Waals surface area contributed by atoms with Crippen LogP contribution in [0.2, 0.25) is 10.0 Å². The zero-order valence-corrected chi connectivity index (χ0v) is 19.4. The molecule has 0 aromatic heterocycles. The van der Waals surface area contributed by atoms with Crippen molar-refractivity contribution in [3.8, 4) is 0 Å². The molecule has 0 saturated carbocycles. The Balaban J connectivity index is 1.55. The van der Waals surface area contributed by atoms with Gasteiger partial charge in [0.05, 0.1) is 15.7 Å². The summed E-state index contributed by atoms with van der Waals surface area (Å²) >= 11 is 18.1. The number of amides is 3. The topological polar surface area (TPSA) is 78.5 Å². The van der Waals surface area contributed by atoms with Crippen LogP contribution in [0.25, 0.3) is 0 Å². The van der Waals surface area contributed by atoms with Crippen molar-refractivity contribution in [3.05, 3.63) is 98.6 Å². The van der Waals surface area contributed by atoms with Crippen LogP contribution >= 0.6 is 34.8 Å². The first-order valence-electron chi connectivity index (χ1n) is 9.74. The summed E-state index contributed by atoms with van der Waals surface area (Å²) in [6.45, 7) is 1.80. The van der Waals surface area contributed by atoms with Gasteiger partial charge in [-0.2, -0.15) is 0 Å². The minimum Gasteiger partial charge on any atom is -0.350 e. The Morgan fingerprint density at radius 1 is 0.818 bits per heavy atom. The monoisotopic (exact) mass is 499 g/mol. The van der Waals surface area contributed by atoms with E-state index in [0.29, 0.717) is 32.7 Å². The summed E-state index contributed by atoms with van der Waals surface area (Å²) in [6.07, 6.45) is 0. The van der Waals surface area contributed by atoms with E-state index < -0.39 is 17.7 Å². The number of rotatable bonds is 5. The van der Waals surface area contributed by atoms with Crippen molar-refractivity contribution in [3.63, 3.8) is 0 Å². The van der Waals surface area contributed by atoms with Gasteiger partial charge in [0.25, 0.3) is 17.7 Å². The second-order valence-corrected chi connectivity index (χ2v) is 8.40. The maximum atomic E-state index is 13.0. The molecule has 0 atom stereocenters. The molecule has 0 spiro atoms. The van der Waals surface area contributed by atoms with Crippen molar-refractivity contribution >= 4 is 69.6 Å². The average Bonchev–Trinajstić information content (AvgIpc) is 3.00. The summed E-state index contributed by atoms with van der Waals surface area (Å²) in [4.78, 5) is 39.4. The Hall–Kier alpha value is -3.32. The van der Waals surface area contributed by atoms with Crippen molar-refractivity contribution in [1.82, 2.24) is 0 Å². The highest BCUT2D eigenvalue weighted by molar-refractivity contribution is 6.53. The Kier molecular flexibility index (Phi) is 6.42. The van der Waals surface area contributed by atoms with Gasteiger partial charge in [0, 0.05) is 16.9 Å². The Morgan fingerprint density at radius 2 is 1.58 bits per heavy atom. The highest BCUT2D eigenvalue weighted by atomic mass is 35.5. The minimum absolute atomic E-state index is 0.0630. The fourth-order valence-corrected chi connectivity index (χ4v) is 3.81. The maximum absolute atomic E-state index is 13.0. The number of imide groups is 1. The standard InChI is InChI=1S/C24H16Cl3N3O3/c1-13-5-2-3-8-19(13)30-23(32)20(27)21(24(30)33)28-15-7-4-6-14(11-15)22(31)29-16-9-10-17(25)18(26)12-16/h2-12,28H,1H3,(H,29,31). The van der Waals surface area contributed by atoms with E-state index in [0.717, 1.165) is 10.5 Å². The lowest BCUT2D eigenvalue weighted by atomic mass is 10.1. The third-order valence-corrected chi connectivity index (χ3v) is 6.04. The van der Waals surface area contributed by atoms with Crippen LogP contribution in [0.4, 0.5) is 17.1 Å². The maximum Gasteiger partial charge on any atom is 0.283 e. The molecule has 0 radical (unpaired) electrons. The summed E-state index contributed by atoms with van der Waals surface area (Å²) in [6, 6.07) is 18.2. The molecule has 1 aliphatic heterocycles. The lowest BCUT2D eigenvalue weighted by Gasteiger charge is -2.17. The smallest absolute Gasteiger partial charge is 0.283 e. The molecular weight excluding hydrogens is 485 g/mol. The van der Waals surface area contributed by atoms with Crippen molar-refractivity contribution in [1.29, 1.82) is 0 Å². The molecule has 0 unspecified atom stereocenters. The third kappa shape index (κ3) is 4.59. The van der Waals surface area contributed by atoms with Crippen LogP contribution < -0.4 is 15.5 Å². The van der Waals surface area contributed by atoms with Gasteiger partial charge in [-0.05, 0) is 55.0 Å². The molecule has 0 bridgehead atoms. The molecule has 3 aromatic rings. The number of carbonyl (C=O) groups excluding carboxylic acids is 3. The normalized spacial score (nSPS) is 13.5. The number of nitrogens with one attached hydrogen (secondary N) is 2. The van der Waals surface area contributed by atoms with Gasteiger partial charge in [-0.25, -0.2) is 4.90 Å². The molecule has 3 aromatic carbocycles. The number of anilines is 3. The summed E-state index contributed by atoms with van der Waals surface area (Å²) in [5.74, 6) is -1.59. The van der Waals surface area contributed by atoms with Crippen molar-refractivity contribution in [2.24, 2.45) is 0 Å². The molecule has 0 saturated heterocycles. The van der Waals surface area contributed by atoms with Crippen LogP contribution in [-0.4, -0.2) is 17.7 Å². The van der Waals surface area contributed by atoms with E-state index >= 15 is 0 Å². The number of halogens is 3. The van der Waals surface area contributed by atoms with Gasteiger partial charge < -0.3 is 10.6 Å². The van der Waals surface area contributed by atoms with Gasteiger partial charge in [-0.3, -0.25) is 14.4 Å². The molecule has 33 heavy (non-hydrogen) atoms. The average molecular weight is 501 g/mol. The van der Waals surface area contributed by atoms with E-state index in [-0.39, 0.29) is 10.7 Å². The molecule has 0 fully saturated rings. The second-order valence-electron chi connectivity index (χ2n) is 7.21. The first-order chi connectivity index (χ1) is 15.8. The zero-order valence-electron chi connectivity index (χ0n) is 17.2. The molecule has 1 heterocycles. The second kappa shape index (κ2) is 9.27. The van der Waals surface area contributed by atoms with E-state index in [4.69, 9.17) is 34.8 Å². The van der Waals surface area contributed by atoms with Gasteiger partial charge >= 0.3 is 0 Å². The minimum atomic E-state index is -0.619. The number of hydrogen-bond donors (Lipinski definition) is 2. The number of para-hydroxylation sites is 1. The molecule has 1 aliphatic rings. The molecule has 166 valence electrons. The molecule has 6 nitrogen and oxygen atoms in total. The predicted octanol–water partition coefficient (Wildman–Crippen LogP) is 5.99. The fraction of sp³-hybridized carbons (Fsp3) is 0.0417. The molecule has 4 rings (SSSR count). The van der Waals surface area contributed by atoms with Crippen LogP contribution in [0.15, 0.2) is 77.5 Å². The van der Waals surface area contributed by atoms with E-state index in [1.165, 1.54) is 12.1 Å². The quantitative estimate of drug-likeness (QED) is 0.422. The number of aryl methyl sites for hydroxylation is 1. The first-order valence-corrected chi connectivity index (χ1v) is 10.9. The van der Waals surface area contributed by atoms with E-state index in [2.05, 4.69) is 10.6 Å². The zero-order chi connectivity index (χ0) is 23.7. The van der Waals surface area contributed by atoms with Crippen LogP contribution in [0, 0.1) is 6.92 Å². The van der Waals surface area contributed by atoms with Crippen molar-refractivity contribution < 1.29 is 14.4 Å². The molecule has 2 N–H and O–H groups in total. The fourth-order valence-electron chi connectivity index (χ4n) is 3.30. The largest absolute Gasteiger partial charge is 0.350 e.